The monoisotopic (exact) mass is 376 g/mol. The number of rotatable bonds is 5. The summed E-state index contributed by atoms with van der Waals surface area (Å²) in [6.45, 7) is 3.47. The van der Waals surface area contributed by atoms with Gasteiger partial charge >= 0.3 is 0 Å². The van der Waals surface area contributed by atoms with Gasteiger partial charge in [0.15, 0.2) is 0 Å². The molecule has 3 N–H and O–H groups in total. The third-order valence-electron chi connectivity index (χ3n) is 4.67. The first-order valence-corrected chi connectivity index (χ1v) is 8.53. The van der Waals surface area contributed by atoms with Gasteiger partial charge in [-0.15, -0.1) is 12.4 Å². The molecular weight excluding hydrogens is 352 g/mol. The zero-order valence-electron chi connectivity index (χ0n) is 14.9. The van der Waals surface area contributed by atoms with Crippen molar-refractivity contribution in [3.8, 4) is 5.75 Å². The van der Waals surface area contributed by atoms with Crippen LogP contribution in [0, 0.1) is 6.92 Å². The Labute approximate surface area is 160 Å². The molecule has 1 fully saturated rings. The highest BCUT2D eigenvalue weighted by molar-refractivity contribution is 5.98. The van der Waals surface area contributed by atoms with E-state index in [1.165, 1.54) is 0 Å². The average Bonchev–Trinajstić information content (AvgIpc) is 2.64. The van der Waals surface area contributed by atoms with Gasteiger partial charge in [-0.05, 0) is 49.1 Å². The van der Waals surface area contributed by atoms with E-state index >= 15 is 0 Å². The Balaban J connectivity index is 0.00000243. The van der Waals surface area contributed by atoms with Crippen molar-refractivity contribution in [1.82, 2.24) is 0 Å². The maximum atomic E-state index is 12.6. The largest absolute Gasteiger partial charge is 0.489 e. The first kappa shape index (κ1) is 20.2. The second kappa shape index (κ2) is 9.03. The van der Waals surface area contributed by atoms with Gasteiger partial charge in [0.25, 0.3) is 0 Å². The summed E-state index contributed by atoms with van der Waals surface area (Å²) >= 11 is 0. The molecule has 1 amide bonds. The zero-order chi connectivity index (χ0) is 17.7. The minimum Gasteiger partial charge on any atom is -0.489 e. The summed E-state index contributed by atoms with van der Waals surface area (Å²) in [6.07, 6.45) is 1.07. The average molecular weight is 377 g/mol. The molecule has 26 heavy (non-hydrogen) atoms. The van der Waals surface area contributed by atoms with Crippen LogP contribution in [-0.2, 0) is 16.1 Å². The minimum absolute atomic E-state index is 0. The lowest BCUT2D eigenvalue weighted by molar-refractivity contribution is -0.124. The Morgan fingerprint density at radius 3 is 2.54 bits per heavy atom. The van der Waals surface area contributed by atoms with Gasteiger partial charge in [0.05, 0.1) is 0 Å². The van der Waals surface area contributed by atoms with E-state index in [2.05, 4.69) is 5.32 Å². The maximum Gasteiger partial charge on any atom is 0.244 e. The standard InChI is InChI=1S/C20H24N2O3.ClH/c1-15-16(14-25-17-7-3-2-4-8-17)6-5-9-18(15)22-19(23)20(21)10-12-24-13-11-20;/h2-9H,10-14,21H2,1H3,(H,22,23);1H. The van der Waals surface area contributed by atoms with Crippen molar-refractivity contribution >= 4 is 24.0 Å². The number of amides is 1. The molecule has 0 radical (unpaired) electrons. The van der Waals surface area contributed by atoms with Crippen LogP contribution in [0.25, 0.3) is 0 Å². The molecule has 0 atom stereocenters. The molecule has 1 aliphatic rings. The number of hydrogen-bond donors (Lipinski definition) is 2. The van der Waals surface area contributed by atoms with Crippen LogP contribution in [0.4, 0.5) is 5.69 Å². The molecule has 0 aromatic heterocycles. The van der Waals surface area contributed by atoms with Crippen molar-refractivity contribution in [2.75, 3.05) is 18.5 Å². The van der Waals surface area contributed by atoms with Crippen molar-refractivity contribution < 1.29 is 14.3 Å². The number of nitrogens with one attached hydrogen (secondary N) is 1. The van der Waals surface area contributed by atoms with Crippen molar-refractivity contribution in [2.24, 2.45) is 5.73 Å². The van der Waals surface area contributed by atoms with E-state index in [1.807, 2.05) is 55.5 Å². The molecule has 6 heteroatoms. The predicted molar refractivity (Wildman–Crippen MR) is 105 cm³/mol. The summed E-state index contributed by atoms with van der Waals surface area (Å²) in [5.41, 5.74) is 8.19. The highest BCUT2D eigenvalue weighted by Crippen LogP contribution is 2.24. The lowest BCUT2D eigenvalue weighted by atomic mass is 9.90. The molecule has 0 aliphatic carbocycles. The van der Waals surface area contributed by atoms with E-state index in [1.54, 1.807) is 0 Å². The number of benzene rings is 2. The smallest absolute Gasteiger partial charge is 0.244 e. The van der Waals surface area contributed by atoms with E-state index in [9.17, 15) is 4.79 Å². The molecule has 1 heterocycles. The van der Waals surface area contributed by atoms with Crippen LogP contribution >= 0.6 is 12.4 Å². The number of ether oxygens (including phenoxy) is 2. The number of carbonyl (C=O) groups excluding carboxylic acids is 1. The van der Waals surface area contributed by atoms with Crippen molar-refractivity contribution in [3.63, 3.8) is 0 Å². The molecule has 0 spiro atoms. The fourth-order valence-electron chi connectivity index (χ4n) is 2.86. The summed E-state index contributed by atoms with van der Waals surface area (Å²) in [7, 11) is 0. The molecule has 3 rings (SSSR count). The third kappa shape index (κ3) is 4.75. The lowest BCUT2D eigenvalue weighted by Gasteiger charge is -2.32. The molecule has 2 aromatic rings. The quantitative estimate of drug-likeness (QED) is 0.838. The normalized spacial score (nSPS) is 15.6. The third-order valence-corrected chi connectivity index (χ3v) is 4.67. The van der Waals surface area contributed by atoms with Crippen LogP contribution in [0.1, 0.15) is 24.0 Å². The summed E-state index contributed by atoms with van der Waals surface area (Å²) in [6, 6.07) is 15.5. The highest BCUT2D eigenvalue weighted by atomic mass is 35.5. The molecule has 2 aromatic carbocycles. The summed E-state index contributed by atoms with van der Waals surface area (Å²) in [5.74, 6) is 0.666. The predicted octanol–water partition coefficient (Wildman–Crippen LogP) is 3.44. The minimum atomic E-state index is -0.860. The van der Waals surface area contributed by atoms with Crippen LogP contribution in [0.3, 0.4) is 0 Å². The topological polar surface area (TPSA) is 73.6 Å². The molecule has 1 aliphatic heterocycles. The first-order valence-electron chi connectivity index (χ1n) is 8.53. The molecule has 5 nitrogen and oxygen atoms in total. The Kier molecular flexibility index (Phi) is 7.03. The number of carbonyl (C=O) groups is 1. The summed E-state index contributed by atoms with van der Waals surface area (Å²) < 4.78 is 11.1. The summed E-state index contributed by atoms with van der Waals surface area (Å²) in [5, 5.41) is 2.98. The van der Waals surface area contributed by atoms with E-state index in [-0.39, 0.29) is 18.3 Å². The fourth-order valence-corrected chi connectivity index (χ4v) is 2.86. The van der Waals surface area contributed by atoms with Gasteiger partial charge in [-0.2, -0.15) is 0 Å². The Hall–Kier alpha value is -2.08. The van der Waals surface area contributed by atoms with E-state index in [0.29, 0.717) is 32.7 Å². The SMILES string of the molecule is Cc1c(COc2ccccc2)cccc1NC(=O)C1(N)CCOCC1.Cl. The Morgan fingerprint density at radius 1 is 1.15 bits per heavy atom. The van der Waals surface area contributed by atoms with Crippen LogP contribution in [0.15, 0.2) is 48.5 Å². The number of halogens is 1. The number of anilines is 1. The van der Waals surface area contributed by atoms with E-state index < -0.39 is 5.54 Å². The number of para-hydroxylation sites is 1. The van der Waals surface area contributed by atoms with Gasteiger partial charge in [-0.1, -0.05) is 30.3 Å². The Morgan fingerprint density at radius 2 is 1.85 bits per heavy atom. The number of hydrogen-bond acceptors (Lipinski definition) is 4. The highest BCUT2D eigenvalue weighted by Gasteiger charge is 2.36. The fraction of sp³-hybridized carbons (Fsp3) is 0.350. The zero-order valence-corrected chi connectivity index (χ0v) is 15.7. The van der Waals surface area contributed by atoms with Crippen molar-refractivity contribution in [3.05, 3.63) is 59.7 Å². The van der Waals surface area contributed by atoms with Gasteiger partial charge in [-0.25, -0.2) is 0 Å². The Bertz CT molecular complexity index is 731. The molecule has 0 saturated carbocycles. The van der Waals surface area contributed by atoms with Crippen molar-refractivity contribution in [1.29, 1.82) is 0 Å². The van der Waals surface area contributed by atoms with Gasteiger partial charge in [0.1, 0.15) is 17.9 Å². The second-order valence-electron chi connectivity index (χ2n) is 6.41. The molecular formula is C20H25ClN2O3. The van der Waals surface area contributed by atoms with Gasteiger partial charge < -0.3 is 20.5 Å². The molecule has 140 valence electrons. The maximum absolute atomic E-state index is 12.6. The van der Waals surface area contributed by atoms with Gasteiger partial charge in [0, 0.05) is 18.9 Å². The van der Waals surface area contributed by atoms with Gasteiger partial charge in [-0.3, -0.25) is 4.79 Å². The number of nitrogens with two attached hydrogens (primary N) is 1. The first-order chi connectivity index (χ1) is 12.1. The molecule has 0 bridgehead atoms. The van der Waals surface area contributed by atoms with Crippen LogP contribution in [-0.4, -0.2) is 24.7 Å². The van der Waals surface area contributed by atoms with Crippen LogP contribution in [0.5, 0.6) is 5.75 Å². The molecule has 1 saturated heterocycles. The van der Waals surface area contributed by atoms with E-state index in [0.717, 1.165) is 22.6 Å². The second-order valence-corrected chi connectivity index (χ2v) is 6.41. The van der Waals surface area contributed by atoms with Gasteiger partial charge in [0.2, 0.25) is 5.91 Å². The lowest BCUT2D eigenvalue weighted by Crippen LogP contribution is -2.54. The molecule has 0 unspecified atom stereocenters. The van der Waals surface area contributed by atoms with Crippen molar-refractivity contribution in [2.45, 2.75) is 31.9 Å². The van der Waals surface area contributed by atoms with Crippen LogP contribution in [0.2, 0.25) is 0 Å². The van der Waals surface area contributed by atoms with E-state index in [4.69, 9.17) is 15.2 Å². The summed E-state index contributed by atoms with van der Waals surface area (Å²) in [4.78, 5) is 12.6. The van der Waals surface area contributed by atoms with Crippen LogP contribution < -0.4 is 15.8 Å².